The van der Waals surface area contributed by atoms with Crippen molar-refractivity contribution in [2.45, 2.75) is 26.5 Å². The minimum Gasteiger partial charge on any atom is -0.497 e. The van der Waals surface area contributed by atoms with Crippen LogP contribution in [0.1, 0.15) is 18.1 Å². The van der Waals surface area contributed by atoms with Crippen molar-refractivity contribution in [1.29, 1.82) is 0 Å². The van der Waals surface area contributed by atoms with E-state index in [-0.39, 0.29) is 0 Å². The maximum Gasteiger partial charge on any atom is 0.129 e. The Morgan fingerprint density at radius 1 is 1.12 bits per heavy atom. The predicted molar refractivity (Wildman–Crippen MR) is 135 cm³/mol. The second kappa shape index (κ2) is 13.3. The lowest BCUT2D eigenvalue weighted by Crippen LogP contribution is -2.33. The Bertz CT molecular complexity index is 1110. The van der Waals surface area contributed by atoms with E-state index in [1.807, 2.05) is 80.3 Å². The van der Waals surface area contributed by atoms with Gasteiger partial charge in [-0.05, 0) is 56.3 Å². The second-order valence-electron chi connectivity index (χ2n) is 8.01. The summed E-state index contributed by atoms with van der Waals surface area (Å²) in [5.74, 6) is 1.18. The molecule has 1 heterocycles. The molecular formula is C28H35FN2O2. The summed E-state index contributed by atoms with van der Waals surface area (Å²) in [6, 6.07) is 9.95. The minimum atomic E-state index is 0.402. The number of halogens is 1. The third-order valence-corrected chi connectivity index (χ3v) is 5.07. The van der Waals surface area contributed by atoms with Crippen LogP contribution in [0.5, 0.6) is 0 Å². The smallest absolute Gasteiger partial charge is 0.129 e. The molecule has 0 saturated carbocycles. The van der Waals surface area contributed by atoms with E-state index >= 15 is 0 Å². The van der Waals surface area contributed by atoms with Gasteiger partial charge in [0, 0.05) is 24.5 Å². The highest BCUT2D eigenvalue weighted by Gasteiger charge is 2.11. The van der Waals surface area contributed by atoms with Gasteiger partial charge >= 0.3 is 0 Å². The van der Waals surface area contributed by atoms with Gasteiger partial charge in [-0.2, -0.15) is 0 Å². The summed E-state index contributed by atoms with van der Waals surface area (Å²) in [7, 11) is 5.61. The maximum absolute atomic E-state index is 14.3. The van der Waals surface area contributed by atoms with E-state index < -0.39 is 0 Å². The molecule has 0 unspecified atom stereocenters. The molecule has 5 heteroatoms. The van der Waals surface area contributed by atoms with Gasteiger partial charge in [0.15, 0.2) is 0 Å². The zero-order chi connectivity index (χ0) is 24.2. The van der Waals surface area contributed by atoms with Crippen LogP contribution in [0, 0.1) is 0 Å². The van der Waals surface area contributed by atoms with Gasteiger partial charge in [-0.1, -0.05) is 55.6 Å². The summed E-state index contributed by atoms with van der Waals surface area (Å²) in [4.78, 5) is 2.11. The van der Waals surface area contributed by atoms with Crippen LogP contribution in [-0.2, 0) is 29.0 Å². The molecule has 0 amide bonds. The van der Waals surface area contributed by atoms with Crippen molar-refractivity contribution < 1.29 is 13.9 Å². The molecule has 0 saturated heterocycles. The van der Waals surface area contributed by atoms with Gasteiger partial charge < -0.3 is 18.9 Å². The number of methoxy groups -OCH3 is 1. The quantitative estimate of drug-likeness (QED) is 0.353. The second-order valence-corrected chi connectivity index (χ2v) is 8.01. The first-order valence-electron chi connectivity index (χ1n) is 10.9. The van der Waals surface area contributed by atoms with E-state index in [2.05, 4.69) is 18.1 Å². The molecule has 1 aromatic heterocycles. The van der Waals surface area contributed by atoms with E-state index in [0.29, 0.717) is 36.3 Å². The number of nitrogens with zero attached hydrogens (tertiary/aromatic N) is 2. The van der Waals surface area contributed by atoms with E-state index in [1.54, 1.807) is 13.2 Å². The number of hydrogen-bond acceptors (Lipinski definition) is 3. The molecule has 0 aliphatic rings. The summed E-state index contributed by atoms with van der Waals surface area (Å²) in [6.45, 7) is 11.5. The van der Waals surface area contributed by atoms with Gasteiger partial charge in [-0.15, -0.1) is 0 Å². The van der Waals surface area contributed by atoms with Crippen LogP contribution in [-0.4, -0.2) is 37.2 Å². The van der Waals surface area contributed by atoms with Crippen molar-refractivity contribution >= 4 is 12.1 Å². The molecule has 1 aromatic carbocycles. The summed E-state index contributed by atoms with van der Waals surface area (Å²) in [5, 5.41) is 1.23. The van der Waals surface area contributed by atoms with Crippen LogP contribution in [0.4, 0.5) is 4.39 Å². The summed E-state index contributed by atoms with van der Waals surface area (Å²) in [5.41, 5.74) is 2.87. The largest absolute Gasteiger partial charge is 0.497 e. The van der Waals surface area contributed by atoms with E-state index in [9.17, 15) is 4.39 Å². The number of ether oxygens (including phenoxy) is 2. The van der Waals surface area contributed by atoms with E-state index in [0.717, 1.165) is 34.9 Å². The predicted octanol–water partition coefficient (Wildman–Crippen LogP) is 4.47. The first-order chi connectivity index (χ1) is 15.9. The molecule has 0 radical (unpaired) electrons. The molecule has 0 atom stereocenters. The lowest BCUT2D eigenvalue weighted by Gasteiger charge is -2.10. The Kier molecular flexibility index (Phi) is 10.4. The number of allylic oxidation sites excluding steroid dienone is 4. The molecule has 2 aromatic rings. The average Bonchev–Trinajstić information content (AvgIpc) is 3.16. The fourth-order valence-electron chi connectivity index (χ4n) is 3.34. The highest BCUT2D eigenvalue weighted by molar-refractivity contribution is 5.52. The van der Waals surface area contributed by atoms with Crippen LogP contribution in [0.3, 0.4) is 0 Å². The summed E-state index contributed by atoms with van der Waals surface area (Å²) in [6.07, 6.45) is 10.8. The first kappa shape index (κ1) is 25.9. The normalized spacial score (nSPS) is 13.2. The highest BCUT2D eigenvalue weighted by Crippen LogP contribution is 2.09. The molecule has 33 heavy (non-hydrogen) atoms. The molecule has 176 valence electrons. The van der Waals surface area contributed by atoms with Gasteiger partial charge in [0.2, 0.25) is 0 Å². The van der Waals surface area contributed by atoms with Crippen molar-refractivity contribution in [2.24, 2.45) is 0 Å². The summed E-state index contributed by atoms with van der Waals surface area (Å²) < 4.78 is 27.5. The van der Waals surface area contributed by atoms with Crippen LogP contribution in [0.25, 0.3) is 12.1 Å². The Morgan fingerprint density at radius 2 is 1.85 bits per heavy atom. The molecule has 4 nitrogen and oxygen atoms in total. The number of likely N-dealkylation sites (N-methyl/N-ethyl adjacent to an activating group) is 1. The number of aromatic nitrogens is 1. The van der Waals surface area contributed by atoms with Crippen molar-refractivity contribution in [1.82, 2.24) is 9.47 Å². The van der Waals surface area contributed by atoms with E-state index in [1.165, 1.54) is 0 Å². The highest BCUT2D eigenvalue weighted by atomic mass is 19.1. The average molecular weight is 451 g/mol. The van der Waals surface area contributed by atoms with Crippen LogP contribution < -0.4 is 10.6 Å². The van der Waals surface area contributed by atoms with Gasteiger partial charge in [0.25, 0.3) is 0 Å². The standard InChI is InChI=1S/C28H35FN2O2/c1-7-11-27(33-21-24-12-9-8-10-13-24)28-25(16-17-30(4)5)20-31(26(28)18-29)19-22(2)14-15-23(3)32-6/h7-15,18,20H,2-3,16-17,19,21H2,1,4-6H3/b11-7-,15-14-,26-18-,28-27+. The minimum absolute atomic E-state index is 0.402. The Morgan fingerprint density at radius 3 is 2.45 bits per heavy atom. The number of benzene rings is 1. The van der Waals surface area contributed by atoms with Crippen molar-refractivity contribution in [3.8, 4) is 0 Å². The monoisotopic (exact) mass is 450 g/mol. The van der Waals surface area contributed by atoms with Gasteiger partial charge in [0.05, 0.1) is 12.5 Å². The summed E-state index contributed by atoms with van der Waals surface area (Å²) >= 11 is 0. The number of rotatable bonds is 12. The third-order valence-electron chi connectivity index (χ3n) is 5.07. The molecular weight excluding hydrogens is 415 g/mol. The molecule has 0 aliphatic heterocycles. The van der Waals surface area contributed by atoms with Crippen molar-refractivity contribution in [2.75, 3.05) is 27.7 Å². The lowest BCUT2D eigenvalue weighted by atomic mass is 10.1. The molecule has 0 N–H and O–H groups in total. The first-order valence-corrected chi connectivity index (χ1v) is 10.9. The molecule has 0 fully saturated rings. The van der Waals surface area contributed by atoms with Crippen molar-refractivity contribution in [3.05, 3.63) is 107 Å². The van der Waals surface area contributed by atoms with Crippen LogP contribution in [0.2, 0.25) is 0 Å². The van der Waals surface area contributed by atoms with Gasteiger partial charge in [0.1, 0.15) is 24.5 Å². The molecule has 0 spiro atoms. The van der Waals surface area contributed by atoms with Crippen LogP contribution >= 0.6 is 0 Å². The lowest BCUT2D eigenvalue weighted by molar-refractivity contribution is 0.264. The van der Waals surface area contributed by atoms with Gasteiger partial charge in [-0.3, -0.25) is 0 Å². The fourth-order valence-corrected chi connectivity index (χ4v) is 3.34. The zero-order valence-electron chi connectivity index (χ0n) is 20.2. The zero-order valence-corrected chi connectivity index (χ0v) is 20.2. The SMILES string of the molecule is C=C(/C=C\C(=C)OC)Cn1cc(CCN(C)C)c(=C(/C=C\C)OCc2ccccc2)/c1=C/F. The maximum atomic E-state index is 14.3. The Labute approximate surface area is 196 Å². The van der Waals surface area contributed by atoms with E-state index in [4.69, 9.17) is 9.47 Å². The molecule has 0 aliphatic carbocycles. The Hall–Kier alpha value is -3.31. The molecule has 0 bridgehead atoms. The van der Waals surface area contributed by atoms with Gasteiger partial charge in [-0.25, -0.2) is 4.39 Å². The van der Waals surface area contributed by atoms with Crippen LogP contribution in [0.15, 0.2) is 85.3 Å². The number of hydrogen-bond donors (Lipinski definition) is 0. The Balaban J connectivity index is 2.54. The molecule has 2 rings (SSSR count). The van der Waals surface area contributed by atoms with Crippen molar-refractivity contribution in [3.63, 3.8) is 0 Å². The third kappa shape index (κ3) is 7.95. The fraction of sp³-hybridized carbons (Fsp3) is 0.286. The topological polar surface area (TPSA) is 26.6 Å².